The monoisotopic (exact) mass is 393 g/mol. The molecule has 0 bridgehead atoms. The van der Waals surface area contributed by atoms with Gasteiger partial charge in [0.2, 0.25) is 0 Å². The van der Waals surface area contributed by atoms with Crippen molar-refractivity contribution in [2.24, 2.45) is 0 Å². The fourth-order valence-corrected chi connectivity index (χ4v) is 3.73. The number of aryl methyl sites for hydroxylation is 1. The van der Waals surface area contributed by atoms with Crippen molar-refractivity contribution in [3.05, 3.63) is 48.0 Å². The van der Waals surface area contributed by atoms with Gasteiger partial charge in [0, 0.05) is 26.6 Å². The molecule has 0 radical (unpaired) electrons. The minimum absolute atomic E-state index is 0.756. The quantitative estimate of drug-likeness (QED) is 0.688. The Morgan fingerprint density at radius 2 is 2.06 bits per heavy atom. The van der Waals surface area contributed by atoms with Crippen LogP contribution in [0.15, 0.2) is 32.5 Å². The van der Waals surface area contributed by atoms with Crippen LogP contribution in [0.2, 0.25) is 5.02 Å². The normalized spacial score (nSPS) is 10.6. The van der Waals surface area contributed by atoms with Crippen molar-refractivity contribution in [2.75, 3.05) is 5.32 Å². The van der Waals surface area contributed by atoms with E-state index in [0.717, 1.165) is 25.5 Å². The van der Waals surface area contributed by atoms with Gasteiger partial charge >= 0.3 is 0 Å². The van der Waals surface area contributed by atoms with Gasteiger partial charge < -0.3 is 5.32 Å². The molecule has 2 rings (SSSR count). The Bertz CT molecular complexity index is 520. The zero-order valence-corrected chi connectivity index (χ0v) is 13.8. The van der Waals surface area contributed by atoms with Crippen molar-refractivity contribution in [3.63, 3.8) is 0 Å². The van der Waals surface area contributed by atoms with E-state index >= 15 is 0 Å². The van der Waals surface area contributed by atoms with Gasteiger partial charge in [0.1, 0.15) is 0 Å². The Hall–Kier alpha value is -0.0300. The second kappa shape index (κ2) is 5.74. The average Bonchev–Trinajstić information content (AvgIpc) is 2.60. The van der Waals surface area contributed by atoms with E-state index in [1.807, 2.05) is 18.2 Å². The molecule has 90 valence electrons. The number of halogens is 3. The smallest absolute Gasteiger partial charge is 0.0843 e. The third-order valence-corrected chi connectivity index (χ3v) is 5.84. The molecule has 2 aromatic rings. The second-order valence-corrected chi connectivity index (χ2v) is 7.39. The summed E-state index contributed by atoms with van der Waals surface area (Å²) in [5, 5.41) is 4.15. The fraction of sp³-hybridized carbons (Fsp3) is 0.167. The molecule has 1 aromatic carbocycles. The molecule has 0 atom stereocenters. The Balaban J connectivity index is 2.09. The molecule has 0 spiro atoms. The first kappa shape index (κ1) is 13.4. The molecule has 0 unspecified atom stereocenters. The van der Waals surface area contributed by atoms with E-state index in [2.05, 4.69) is 50.2 Å². The number of thiophene rings is 1. The molecule has 5 heteroatoms. The van der Waals surface area contributed by atoms with Gasteiger partial charge in [-0.05, 0) is 62.5 Å². The molecule has 0 aliphatic carbocycles. The van der Waals surface area contributed by atoms with E-state index in [0.29, 0.717) is 0 Å². The molecule has 0 saturated heterocycles. The Morgan fingerprint density at radius 3 is 2.71 bits per heavy atom. The summed E-state index contributed by atoms with van der Waals surface area (Å²) in [6, 6.07) is 7.99. The number of benzene rings is 1. The van der Waals surface area contributed by atoms with Crippen molar-refractivity contribution in [2.45, 2.75) is 13.5 Å². The van der Waals surface area contributed by atoms with Crippen LogP contribution < -0.4 is 5.32 Å². The maximum absolute atomic E-state index is 5.98. The van der Waals surface area contributed by atoms with Gasteiger partial charge in [-0.25, -0.2) is 0 Å². The SMILES string of the molecule is Cc1ccc(Cl)cc1NCc1cc(Br)c(Br)s1. The van der Waals surface area contributed by atoms with Gasteiger partial charge in [-0.2, -0.15) is 0 Å². The van der Waals surface area contributed by atoms with Crippen molar-refractivity contribution in [1.29, 1.82) is 0 Å². The van der Waals surface area contributed by atoms with Crippen LogP contribution in [-0.2, 0) is 6.54 Å². The first-order valence-corrected chi connectivity index (χ1v) is 7.78. The Kier molecular flexibility index (Phi) is 4.53. The van der Waals surface area contributed by atoms with Gasteiger partial charge in [0.05, 0.1) is 3.79 Å². The van der Waals surface area contributed by atoms with Crippen LogP contribution >= 0.6 is 54.8 Å². The molecule has 0 aliphatic heterocycles. The van der Waals surface area contributed by atoms with E-state index < -0.39 is 0 Å². The first-order chi connectivity index (χ1) is 8.06. The van der Waals surface area contributed by atoms with Gasteiger partial charge in [0.15, 0.2) is 0 Å². The minimum atomic E-state index is 0.756. The highest BCUT2D eigenvalue weighted by Gasteiger charge is 2.05. The van der Waals surface area contributed by atoms with Gasteiger partial charge in [-0.3, -0.25) is 0 Å². The predicted octanol–water partition coefficient (Wildman–Crippen LogP) is 5.85. The highest BCUT2D eigenvalue weighted by molar-refractivity contribution is 9.13. The maximum atomic E-state index is 5.98. The summed E-state index contributed by atoms with van der Waals surface area (Å²) in [4.78, 5) is 1.27. The predicted molar refractivity (Wildman–Crippen MR) is 83.2 cm³/mol. The highest BCUT2D eigenvalue weighted by atomic mass is 79.9. The van der Waals surface area contributed by atoms with Crippen LogP contribution in [0.1, 0.15) is 10.4 Å². The lowest BCUT2D eigenvalue weighted by atomic mass is 10.2. The lowest BCUT2D eigenvalue weighted by Crippen LogP contribution is -1.99. The summed E-state index contributed by atoms with van der Waals surface area (Å²) in [6.45, 7) is 2.87. The number of nitrogens with one attached hydrogen (secondary N) is 1. The summed E-state index contributed by atoms with van der Waals surface area (Å²) in [6.07, 6.45) is 0. The van der Waals surface area contributed by atoms with Crippen molar-refractivity contribution < 1.29 is 0 Å². The first-order valence-electron chi connectivity index (χ1n) is 5.00. The number of rotatable bonds is 3. The van der Waals surface area contributed by atoms with Gasteiger partial charge in [-0.1, -0.05) is 17.7 Å². The highest BCUT2D eigenvalue weighted by Crippen LogP contribution is 2.33. The average molecular weight is 396 g/mol. The third-order valence-electron chi connectivity index (χ3n) is 2.35. The van der Waals surface area contributed by atoms with Crippen LogP contribution in [0.3, 0.4) is 0 Å². The number of hydrogen-bond donors (Lipinski definition) is 1. The van der Waals surface area contributed by atoms with E-state index in [1.54, 1.807) is 11.3 Å². The van der Waals surface area contributed by atoms with Crippen LogP contribution in [0, 0.1) is 6.92 Å². The van der Waals surface area contributed by atoms with Crippen LogP contribution in [0.5, 0.6) is 0 Å². The molecule has 0 aliphatic rings. The molecule has 0 saturated carbocycles. The maximum Gasteiger partial charge on any atom is 0.0843 e. The standard InChI is InChI=1S/C12H10Br2ClNS/c1-7-2-3-8(15)4-11(7)16-6-9-5-10(13)12(14)17-9/h2-5,16H,6H2,1H3. The number of hydrogen-bond acceptors (Lipinski definition) is 2. The number of anilines is 1. The van der Waals surface area contributed by atoms with Gasteiger partial charge in [-0.15, -0.1) is 11.3 Å². The van der Waals surface area contributed by atoms with E-state index in [-0.39, 0.29) is 0 Å². The zero-order chi connectivity index (χ0) is 12.4. The molecule has 17 heavy (non-hydrogen) atoms. The van der Waals surface area contributed by atoms with Crippen LogP contribution in [-0.4, -0.2) is 0 Å². The Labute approximate surface area is 126 Å². The summed E-state index contributed by atoms with van der Waals surface area (Å²) in [7, 11) is 0. The largest absolute Gasteiger partial charge is 0.380 e. The van der Waals surface area contributed by atoms with Crippen LogP contribution in [0.25, 0.3) is 0 Å². The Morgan fingerprint density at radius 1 is 1.29 bits per heavy atom. The molecular weight excluding hydrogens is 385 g/mol. The molecule has 0 amide bonds. The summed E-state index contributed by atoms with van der Waals surface area (Å²) < 4.78 is 2.22. The van der Waals surface area contributed by atoms with Crippen LogP contribution in [0.4, 0.5) is 5.69 Å². The lowest BCUT2D eigenvalue weighted by molar-refractivity contribution is 1.18. The van der Waals surface area contributed by atoms with Crippen molar-refractivity contribution in [1.82, 2.24) is 0 Å². The van der Waals surface area contributed by atoms with E-state index in [9.17, 15) is 0 Å². The topological polar surface area (TPSA) is 12.0 Å². The molecule has 1 nitrogen and oxygen atoms in total. The molecule has 1 heterocycles. The molecule has 1 aromatic heterocycles. The van der Waals surface area contributed by atoms with E-state index in [4.69, 9.17) is 11.6 Å². The minimum Gasteiger partial charge on any atom is -0.380 e. The molecule has 0 fully saturated rings. The van der Waals surface area contributed by atoms with Crippen molar-refractivity contribution in [3.8, 4) is 0 Å². The fourth-order valence-electron chi connectivity index (χ4n) is 1.45. The van der Waals surface area contributed by atoms with E-state index in [1.165, 1.54) is 10.4 Å². The summed E-state index contributed by atoms with van der Waals surface area (Å²) >= 11 is 14.7. The third kappa shape index (κ3) is 3.47. The lowest BCUT2D eigenvalue weighted by Gasteiger charge is -2.08. The molecule has 1 N–H and O–H groups in total. The summed E-state index contributed by atoms with van der Waals surface area (Å²) in [5.74, 6) is 0. The molecular formula is C12H10Br2ClNS. The van der Waals surface area contributed by atoms with Gasteiger partial charge in [0.25, 0.3) is 0 Å². The zero-order valence-electron chi connectivity index (χ0n) is 9.06. The summed E-state index contributed by atoms with van der Waals surface area (Å²) in [5.41, 5.74) is 2.28. The van der Waals surface area contributed by atoms with Crippen molar-refractivity contribution >= 4 is 60.5 Å². The second-order valence-electron chi connectivity index (χ2n) is 3.65.